The largest absolute Gasteiger partial charge is 0.370 e. The number of aryl methyl sites for hydroxylation is 1. The maximum Gasteiger partial charge on any atom is 0.160 e. The maximum atomic E-state index is 4.49. The highest BCUT2D eigenvalue weighted by molar-refractivity contribution is 5.51. The van der Waals surface area contributed by atoms with Crippen molar-refractivity contribution in [1.29, 1.82) is 0 Å². The van der Waals surface area contributed by atoms with Crippen molar-refractivity contribution in [1.82, 2.24) is 14.6 Å². The zero-order chi connectivity index (χ0) is 9.97. The summed E-state index contributed by atoms with van der Waals surface area (Å²) in [5.41, 5.74) is 2.13. The van der Waals surface area contributed by atoms with Gasteiger partial charge in [-0.05, 0) is 19.4 Å². The van der Waals surface area contributed by atoms with Gasteiger partial charge in [-0.25, -0.2) is 9.50 Å². The van der Waals surface area contributed by atoms with E-state index in [-0.39, 0.29) is 0 Å². The number of aromatic nitrogens is 3. The van der Waals surface area contributed by atoms with E-state index in [1.807, 2.05) is 18.5 Å². The fourth-order valence-corrected chi connectivity index (χ4v) is 1.45. The highest BCUT2D eigenvalue weighted by atomic mass is 15.2. The summed E-state index contributed by atoms with van der Waals surface area (Å²) in [6, 6.07) is 1.93. The third kappa shape index (κ3) is 1.43. The molecule has 2 aromatic rings. The topological polar surface area (TPSA) is 42.2 Å². The first-order valence-electron chi connectivity index (χ1n) is 4.92. The maximum absolute atomic E-state index is 4.49. The molecule has 2 heterocycles. The van der Waals surface area contributed by atoms with E-state index in [0.717, 1.165) is 24.4 Å². The molecule has 74 valence electrons. The van der Waals surface area contributed by atoms with Gasteiger partial charge in [0.25, 0.3) is 0 Å². The molecule has 1 N–H and O–H groups in total. The zero-order valence-electron chi connectivity index (χ0n) is 8.49. The Balaban J connectivity index is 2.50. The molecule has 2 aromatic heterocycles. The van der Waals surface area contributed by atoms with Crippen molar-refractivity contribution in [2.24, 2.45) is 0 Å². The molecule has 14 heavy (non-hydrogen) atoms. The van der Waals surface area contributed by atoms with Gasteiger partial charge in [0.05, 0.1) is 6.20 Å². The second-order valence-corrected chi connectivity index (χ2v) is 3.13. The number of nitrogens with zero attached hydrogens (tertiary/aromatic N) is 3. The molecule has 0 radical (unpaired) electrons. The van der Waals surface area contributed by atoms with Crippen LogP contribution in [-0.4, -0.2) is 21.1 Å². The van der Waals surface area contributed by atoms with Crippen LogP contribution in [-0.2, 0) is 6.42 Å². The van der Waals surface area contributed by atoms with Crippen molar-refractivity contribution in [3.8, 4) is 0 Å². The molecule has 0 saturated heterocycles. The van der Waals surface area contributed by atoms with E-state index in [0.29, 0.717) is 0 Å². The zero-order valence-corrected chi connectivity index (χ0v) is 8.49. The van der Waals surface area contributed by atoms with Crippen molar-refractivity contribution in [3.05, 3.63) is 24.0 Å². The molecule has 0 bridgehead atoms. The van der Waals surface area contributed by atoms with Crippen LogP contribution in [0.1, 0.15) is 19.4 Å². The Bertz CT molecular complexity index is 433. The SMILES string of the molecule is CCNc1ccn2ncc(CC)c2n1. The molecule has 0 saturated carbocycles. The normalized spacial score (nSPS) is 10.7. The molecule has 0 fully saturated rings. The number of nitrogens with one attached hydrogen (secondary N) is 1. The summed E-state index contributed by atoms with van der Waals surface area (Å²) in [4.78, 5) is 4.49. The summed E-state index contributed by atoms with van der Waals surface area (Å²) in [7, 11) is 0. The summed E-state index contributed by atoms with van der Waals surface area (Å²) in [6.45, 7) is 5.06. The first-order chi connectivity index (χ1) is 6.85. The van der Waals surface area contributed by atoms with Gasteiger partial charge in [-0.3, -0.25) is 0 Å². The Labute approximate surface area is 83.0 Å². The van der Waals surface area contributed by atoms with Gasteiger partial charge in [0.2, 0.25) is 0 Å². The van der Waals surface area contributed by atoms with Crippen LogP contribution in [0.25, 0.3) is 5.65 Å². The van der Waals surface area contributed by atoms with Gasteiger partial charge < -0.3 is 5.32 Å². The molecule has 2 rings (SSSR count). The fourth-order valence-electron chi connectivity index (χ4n) is 1.45. The number of hydrogen-bond donors (Lipinski definition) is 1. The molecule has 0 aliphatic rings. The average molecular weight is 190 g/mol. The summed E-state index contributed by atoms with van der Waals surface area (Å²) < 4.78 is 1.81. The predicted octanol–water partition coefficient (Wildman–Crippen LogP) is 1.72. The van der Waals surface area contributed by atoms with Crippen molar-refractivity contribution < 1.29 is 0 Å². The first-order valence-corrected chi connectivity index (χ1v) is 4.92. The summed E-state index contributed by atoms with van der Waals surface area (Å²) >= 11 is 0. The van der Waals surface area contributed by atoms with Gasteiger partial charge in [-0.15, -0.1) is 0 Å². The van der Waals surface area contributed by atoms with Crippen LogP contribution in [0.5, 0.6) is 0 Å². The first kappa shape index (κ1) is 8.99. The Morgan fingerprint density at radius 1 is 1.43 bits per heavy atom. The van der Waals surface area contributed by atoms with Crippen molar-refractivity contribution in [2.75, 3.05) is 11.9 Å². The molecule has 0 aromatic carbocycles. The van der Waals surface area contributed by atoms with E-state index in [1.165, 1.54) is 5.56 Å². The van der Waals surface area contributed by atoms with Crippen molar-refractivity contribution in [2.45, 2.75) is 20.3 Å². The molecule has 0 aliphatic heterocycles. The molecule has 0 amide bonds. The van der Waals surface area contributed by atoms with Crippen LogP contribution in [0.2, 0.25) is 0 Å². The van der Waals surface area contributed by atoms with E-state index in [2.05, 4.69) is 29.2 Å². The van der Waals surface area contributed by atoms with E-state index in [4.69, 9.17) is 0 Å². The monoisotopic (exact) mass is 190 g/mol. The minimum atomic E-state index is 0.888. The van der Waals surface area contributed by atoms with Crippen LogP contribution in [0, 0.1) is 0 Å². The van der Waals surface area contributed by atoms with Gasteiger partial charge in [0.15, 0.2) is 5.65 Å². The van der Waals surface area contributed by atoms with E-state index >= 15 is 0 Å². The molecule has 0 atom stereocenters. The van der Waals surface area contributed by atoms with Gasteiger partial charge in [-0.2, -0.15) is 5.10 Å². The van der Waals surface area contributed by atoms with Gasteiger partial charge >= 0.3 is 0 Å². The molecule has 4 nitrogen and oxygen atoms in total. The quantitative estimate of drug-likeness (QED) is 0.801. The lowest BCUT2D eigenvalue weighted by atomic mass is 10.3. The Kier molecular flexibility index (Phi) is 2.35. The van der Waals surface area contributed by atoms with Gasteiger partial charge in [-0.1, -0.05) is 6.92 Å². The van der Waals surface area contributed by atoms with Crippen molar-refractivity contribution in [3.63, 3.8) is 0 Å². The minimum Gasteiger partial charge on any atom is -0.370 e. The highest BCUT2D eigenvalue weighted by Gasteiger charge is 2.03. The standard InChI is InChI=1S/C10H14N4/c1-3-8-7-12-14-6-5-9(11-4-2)13-10(8)14/h5-7H,3-4H2,1-2H3,(H,11,13). The van der Waals surface area contributed by atoms with Crippen LogP contribution < -0.4 is 5.32 Å². The van der Waals surface area contributed by atoms with Crippen LogP contribution in [0.4, 0.5) is 5.82 Å². The molecule has 0 aliphatic carbocycles. The summed E-state index contributed by atoms with van der Waals surface area (Å²) in [5, 5.41) is 7.41. The van der Waals surface area contributed by atoms with E-state index in [9.17, 15) is 0 Å². The smallest absolute Gasteiger partial charge is 0.160 e. The Morgan fingerprint density at radius 3 is 3.00 bits per heavy atom. The number of hydrogen-bond acceptors (Lipinski definition) is 3. The number of anilines is 1. The number of fused-ring (bicyclic) bond motifs is 1. The second-order valence-electron chi connectivity index (χ2n) is 3.13. The average Bonchev–Trinajstić information content (AvgIpc) is 2.60. The highest BCUT2D eigenvalue weighted by Crippen LogP contribution is 2.11. The molecule has 0 unspecified atom stereocenters. The van der Waals surface area contributed by atoms with Crippen LogP contribution in [0.3, 0.4) is 0 Å². The van der Waals surface area contributed by atoms with Crippen molar-refractivity contribution >= 4 is 11.5 Å². The fraction of sp³-hybridized carbons (Fsp3) is 0.400. The molecular weight excluding hydrogens is 176 g/mol. The van der Waals surface area contributed by atoms with Crippen LogP contribution in [0.15, 0.2) is 18.5 Å². The molecule has 4 heteroatoms. The lowest BCUT2D eigenvalue weighted by Gasteiger charge is -2.02. The summed E-state index contributed by atoms with van der Waals surface area (Å²) in [6.07, 6.45) is 4.77. The Morgan fingerprint density at radius 2 is 2.29 bits per heavy atom. The third-order valence-corrected chi connectivity index (χ3v) is 2.18. The van der Waals surface area contributed by atoms with E-state index in [1.54, 1.807) is 4.52 Å². The lowest BCUT2D eigenvalue weighted by molar-refractivity contribution is 0.937. The van der Waals surface area contributed by atoms with Crippen LogP contribution >= 0.6 is 0 Å². The number of rotatable bonds is 3. The summed E-state index contributed by atoms with van der Waals surface area (Å²) in [5.74, 6) is 0.912. The van der Waals surface area contributed by atoms with Gasteiger partial charge in [0, 0.05) is 18.3 Å². The van der Waals surface area contributed by atoms with E-state index < -0.39 is 0 Å². The van der Waals surface area contributed by atoms with Gasteiger partial charge in [0.1, 0.15) is 5.82 Å². The second kappa shape index (κ2) is 3.65. The third-order valence-electron chi connectivity index (χ3n) is 2.18. The Hall–Kier alpha value is -1.58. The molecular formula is C10H14N4. The predicted molar refractivity (Wildman–Crippen MR) is 56.5 cm³/mol. The lowest BCUT2D eigenvalue weighted by Crippen LogP contribution is -2.01. The minimum absolute atomic E-state index is 0.888. The molecule has 0 spiro atoms.